The number of amides is 1. The topological polar surface area (TPSA) is 64.0 Å². The average Bonchev–Trinajstić information content (AvgIpc) is 2.72. The molecule has 3 aromatic rings. The van der Waals surface area contributed by atoms with Gasteiger partial charge in [0.15, 0.2) is 5.16 Å². The zero-order chi connectivity index (χ0) is 20.1. The van der Waals surface area contributed by atoms with E-state index in [0.29, 0.717) is 22.6 Å². The average molecular weight is 394 g/mol. The van der Waals surface area contributed by atoms with Crippen LogP contribution in [0.1, 0.15) is 19.4 Å². The number of nitrogens with zero attached hydrogens (tertiary/aromatic N) is 2. The van der Waals surface area contributed by atoms with Crippen molar-refractivity contribution in [2.45, 2.75) is 30.7 Å². The van der Waals surface area contributed by atoms with Crippen molar-refractivity contribution >= 4 is 28.6 Å². The maximum Gasteiger partial charge on any atom is 0.266 e. The first-order valence-electron chi connectivity index (χ1n) is 9.21. The highest BCUT2D eigenvalue weighted by Gasteiger charge is 2.19. The zero-order valence-corrected chi connectivity index (χ0v) is 16.8. The Kier molecular flexibility index (Phi) is 6.31. The highest BCUT2D eigenvalue weighted by Crippen LogP contribution is 2.25. The fourth-order valence-corrected chi connectivity index (χ4v) is 3.78. The van der Waals surface area contributed by atoms with Crippen molar-refractivity contribution in [2.24, 2.45) is 0 Å². The Balaban J connectivity index is 2.10. The summed E-state index contributed by atoms with van der Waals surface area (Å²) in [6.45, 7) is 7.90. The number of rotatable bonds is 7. The molecule has 2 aromatic carbocycles. The van der Waals surface area contributed by atoms with E-state index in [4.69, 9.17) is 0 Å². The predicted molar refractivity (Wildman–Crippen MR) is 115 cm³/mol. The van der Waals surface area contributed by atoms with Crippen molar-refractivity contribution in [2.75, 3.05) is 6.54 Å². The van der Waals surface area contributed by atoms with Gasteiger partial charge in [0.2, 0.25) is 5.91 Å². The molecule has 5 nitrogen and oxygen atoms in total. The maximum atomic E-state index is 13.2. The number of fused-ring (bicyclic) bond motifs is 1. The van der Waals surface area contributed by atoms with Gasteiger partial charge in [0.25, 0.3) is 5.56 Å². The second-order valence-electron chi connectivity index (χ2n) is 6.37. The third-order valence-corrected chi connectivity index (χ3v) is 5.47. The molecule has 0 radical (unpaired) electrons. The Morgan fingerprint density at radius 1 is 1.25 bits per heavy atom. The summed E-state index contributed by atoms with van der Waals surface area (Å²) < 4.78 is 1.59. The van der Waals surface area contributed by atoms with Gasteiger partial charge in [-0.25, -0.2) is 4.98 Å². The van der Waals surface area contributed by atoms with E-state index in [0.717, 1.165) is 12.1 Å². The number of aromatic nitrogens is 2. The lowest BCUT2D eigenvalue weighted by molar-refractivity contribution is -0.120. The fraction of sp³-hybridized carbons (Fsp3) is 0.227. The molecule has 0 saturated heterocycles. The van der Waals surface area contributed by atoms with Crippen molar-refractivity contribution < 1.29 is 4.79 Å². The maximum absolute atomic E-state index is 13.2. The molecule has 1 aromatic heterocycles. The van der Waals surface area contributed by atoms with E-state index in [2.05, 4.69) is 23.8 Å². The minimum Gasteiger partial charge on any atom is -0.352 e. The van der Waals surface area contributed by atoms with Crippen molar-refractivity contribution in [1.82, 2.24) is 14.9 Å². The molecule has 0 saturated carbocycles. The third-order valence-electron chi connectivity index (χ3n) is 4.42. The van der Waals surface area contributed by atoms with Crippen LogP contribution in [0.4, 0.5) is 0 Å². The molecule has 0 aliphatic rings. The molecule has 1 amide bonds. The number of thioether (sulfide) groups is 1. The van der Waals surface area contributed by atoms with E-state index >= 15 is 0 Å². The van der Waals surface area contributed by atoms with E-state index < -0.39 is 5.25 Å². The van der Waals surface area contributed by atoms with E-state index in [1.165, 1.54) is 17.3 Å². The number of carbonyl (C=O) groups excluding carboxylic acids is 1. The van der Waals surface area contributed by atoms with Gasteiger partial charge in [0, 0.05) is 6.54 Å². The monoisotopic (exact) mass is 393 g/mol. The van der Waals surface area contributed by atoms with E-state index in [1.54, 1.807) is 23.6 Å². The SMILES string of the molecule is C=CCNC(=O)C(C)Sc1nc2ccccc2c(=O)n1-c1ccc(CC)cc1. The lowest BCUT2D eigenvalue weighted by Crippen LogP contribution is -2.32. The molecule has 0 fully saturated rings. The summed E-state index contributed by atoms with van der Waals surface area (Å²) in [5, 5.41) is 3.42. The molecule has 0 aliphatic heterocycles. The van der Waals surface area contributed by atoms with Crippen LogP contribution in [0.15, 0.2) is 71.1 Å². The first kappa shape index (κ1) is 19.9. The van der Waals surface area contributed by atoms with Gasteiger partial charge in [-0.05, 0) is 43.2 Å². The molecule has 1 atom stereocenters. The number of para-hydroxylation sites is 1. The molecule has 6 heteroatoms. The zero-order valence-electron chi connectivity index (χ0n) is 16.0. The van der Waals surface area contributed by atoms with Crippen LogP contribution in [0, 0.1) is 0 Å². The van der Waals surface area contributed by atoms with Crippen LogP contribution in [0.2, 0.25) is 0 Å². The first-order valence-corrected chi connectivity index (χ1v) is 10.1. The van der Waals surface area contributed by atoms with Gasteiger partial charge in [0.1, 0.15) is 0 Å². The van der Waals surface area contributed by atoms with Gasteiger partial charge in [-0.3, -0.25) is 14.2 Å². The van der Waals surface area contributed by atoms with Crippen LogP contribution in [0.3, 0.4) is 0 Å². The number of nitrogens with one attached hydrogen (secondary N) is 1. The van der Waals surface area contributed by atoms with Crippen LogP contribution in [0.5, 0.6) is 0 Å². The van der Waals surface area contributed by atoms with Gasteiger partial charge in [-0.2, -0.15) is 0 Å². The summed E-state index contributed by atoms with van der Waals surface area (Å²) in [5.41, 5.74) is 2.41. The van der Waals surface area contributed by atoms with Crippen molar-refractivity contribution in [3.8, 4) is 5.69 Å². The third kappa shape index (κ3) is 4.17. The number of aryl methyl sites for hydroxylation is 1. The number of hydrogen-bond donors (Lipinski definition) is 1. The normalized spacial score (nSPS) is 11.9. The van der Waals surface area contributed by atoms with Crippen LogP contribution < -0.4 is 10.9 Å². The number of hydrogen-bond acceptors (Lipinski definition) is 4. The second kappa shape index (κ2) is 8.89. The molecular weight excluding hydrogens is 370 g/mol. The lowest BCUT2D eigenvalue weighted by atomic mass is 10.1. The van der Waals surface area contributed by atoms with Crippen molar-refractivity contribution in [1.29, 1.82) is 0 Å². The quantitative estimate of drug-likeness (QED) is 0.377. The van der Waals surface area contributed by atoms with E-state index in [-0.39, 0.29) is 11.5 Å². The summed E-state index contributed by atoms with van der Waals surface area (Å²) in [6.07, 6.45) is 2.56. The highest BCUT2D eigenvalue weighted by atomic mass is 32.2. The molecule has 28 heavy (non-hydrogen) atoms. The molecule has 144 valence electrons. The van der Waals surface area contributed by atoms with Crippen LogP contribution in [-0.4, -0.2) is 27.3 Å². The van der Waals surface area contributed by atoms with Crippen LogP contribution in [0.25, 0.3) is 16.6 Å². The molecule has 1 N–H and O–H groups in total. The summed E-state index contributed by atoms with van der Waals surface area (Å²) in [7, 11) is 0. The number of carbonyl (C=O) groups is 1. The minimum absolute atomic E-state index is 0.125. The Bertz CT molecular complexity index is 1060. The van der Waals surface area contributed by atoms with Gasteiger partial charge < -0.3 is 5.32 Å². The molecule has 0 aliphatic carbocycles. The number of benzene rings is 2. The van der Waals surface area contributed by atoms with Crippen molar-refractivity contribution in [3.63, 3.8) is 0 Å². The molecule has 1 unspecified atom stereocenters. The summed E-state index contributed by atoms with van der Waals surface area (Å²) in [5.74, 6) is -0.125. The standard InChI is InChI=1S/C22H23N3O2S/c1-4-14-23-20(26)15(3)28-22-24-19-9-7-6-8-18(19)21(27)25(22)17-12-10-16(5-2)11-13-17/h4,6-13,15H,1,5,14H2,2-3H3,(H,23,26). The van der Waals surface area contributed by atoms with E-state index in [9.17, 15) is 9.59 Å². The van der Waals surface area contributed by atoms with Crippen molar-refractivity contribution in [3.05, 3.63) is 77.1 Å². The Morgan fingerprint density at radius 2 is 1.96 bits per heavy atom. The smallest absolute Gasteiger partial charge is 0.266 e. The van der Waals surface area contributed by atoms with E-state index in [1.807, 2.05) is 42.5 Å². The molecule has 0 bridgehead atoms. The predicted octanol–water partition coefficient (Wildman–Crippen LogP) is 3.73. The van der Waals surface area contributed by atoms with Gasteiger partial charge in [0.05, 0.1) is 21.8 Å². The lowest BCUT2D eigenvalue weighted by Gasteiger charge is -2.16. The fourth-order valence-electron chi connectivity index (χ4n) is 2.83. The Morgan fingerprint density at radius 3 is 2.64 bits per heavy atom. The molecular formula is C22H23N3O2S. The Labute approximate surface area is 168 Å². The minimum atomic E-state index is -0.408. The van der Waals surface area contributed by atoms with Crippen LogP contribution >= 0.6 is 11.8 Å². The largest absolute Gasteiger partial charge is 0.352 e. The second-order valence-corrected chi connectivity index (χ2v) is 7.67. The Hall–Kier alpha value is -2.86. The summed E-state index contributed by atoms with van der Waals surface area (Å²) in [4.78, 5) is 30.2. The molecule has 0 spiro atoms. The molecule has 3 rings (SSSR count). The van der Waals surface area contributed by atoms with Crippen LogP contribution in [-0.2, 0) is 11.2 Å². The van der Waals surface area contributed by atoms with Gasteiger partial charge in [-0.15, -0.1) is 6.58 Å². The summed E-state index contributed by atoms with van der Waals surface area (Å²) >= 11 is 1.27. The van der Waals surface area contributed by atoms with Gasteiger partial charge >= 0.3 is 0 Å². The van der Waals surface area contributed by atoms with Gasteiger partial charge in [-0.1, -0.05) is 49.0 Å². The molecule has 1 heterocycles. The summed E-state index contributed by atoms with van der Waals surface area (Å²) in [6, 6.07) is 15.1. The highest BCUT2D eigenvalue weighted by molar-refractivity contribution is 8.00. The first-order chi connectivity index (χ1) is 13.5.